The predicted octanol–water partition coefficient (Wildman–Crippen LogP) is 4.81. The van der Waals surface area contributed by atoms with Crippen LogP contribution in [0.4, 0.5) is 0 Å². The van der Waals surface area contributed by atoms with Crippen molar-refractivity contribution in [1.82, 2.24) is 4.57 Å². The average Bonchev–Trinajstić information content (AvgIpc) is 2.96. The summed E-state index contributed by atoms with van der Waals surface area (Å²) in [5.74, 6) is 1.60. The molecule has 0 saturated carbocycles. The van der Waals surface area contributed by atoms with E-state index in [4.69, 9.17) is 4.74 Å². The number of hydrogen-bond donors (Lipinski definition) is 0. The minimum atomic E-state index is -0.204. The third-order valence-electron chi connectivity index (χ3n) is 3.79. The third kappa shape index (κ3) is 4.32. The fraction of sp³-hybridized carbons (Fsp3) is 0.263. The van der Waals surface area contributed by atoms with E-state index in [1.54, 1.807) is 11.8 Å². The van der Waals surface area contributed by atoms with Crippen LogP contribution in [0.5, 0.6) is 5.75 Å². The van der Waals surface area contributed by atoms with E-state index < -0.39 is 0 Å². The highest BCUT2D eigenvalue weighted by Crippen LogP contribution is 2.24. The Morgan fingerprint density at radius 2 is 2.12 bits per heavy atom. The standard InChI is InChI=1S/C19H19IN2O2S2/c1-3-24-13-8-9-16-17(12-13)26-19(22(16)10-11-25-2)21-18(23)14-6-4-5-7-15(14)20/h4-9,12H,3,10-11H2,1-2H3. The van der Waals surface area contributed by atoms with Crippen LogP contribution in [0.25, 0.3) is 10.2 Å². The summed E-state index contributed by atoms with van der Waals surface area (Å²) in [5, 5.41) is 0. The number of fused-ring (bicyclic) bond motifs is 1. The molecule has 0 aliphatic heterocycles. The summed E-state index contributed by atoms with van der Waals surface area (Å²) in [5.41, 5.74) is 1.72. The van der Waals surface area contributed by atoms with Crippen LogP contribution < -0.4 is 9.54 Å². The second-order valence-corrected chi connectivity index (χ2v) is 8.65. The molecule has 0 radical (unpaired) electrons. The molecule has 0 bridgehead atoms. The van der Waals surface area contributed by atoms with Crippen LogP contribution in [0.1, 0.15) is 17.3 Å². The van der Waals surface area contributed by atoms with Crippen molar-refractivity contribution in [3.8, 4) is 5.75 Å². The van der Waals surface area contributed by atoms with Crippen molar-refractivity contribution in [1.29, 1.82) is 0 Å². The lowest BCUT2D eigenvalue weighted by Crippen LogP contribution is -2.18. The molecule has 0 saturated heterocycles. The highest BCUT2D eigenvalue weighted by molar-refractivity contribution is 14.1. The molecule has 1 aromatic heterocycles. The quantitative estimate of drug-likeness (QED) is 0.459. The van der Waals surface area contributed by atoms with Crippen molar-refractivity contribution in [3.63, 3.8) is 0 Å². The van der Waals surface area contributed by atoms with Crippen molar-refractivity contribution in [2.75, 3.05) is 18.6 Å². The summed E-state index contributed by atoms with van der Waals surface area (Å²) in [7, 11) is 0. The number of ether oxygens (including phenoxy) is 1. The Morgan fingerprint density at radius 3 is 2.85 bits per heavy atom. The minimum absolute atomic E-state index is 0.204. The van der Waals surface area contributed by atoms with E-state index in [0.717, 1.165) is 36.6 Å². The smallest absolute Gasteiger partial charge is 0.280 e. The maximum Gasteiger partial charge on any atom is 0.280 e. The third-order valence-corrected chi connectivity index (χ3v) is 6.36. The Kier molecular flexibility index (Phi) is 6.77. The van der Waals surface area contributed by atoms with Crippen LogP contribution >= 0.6 is 45.7 Å². The molecular weight excluding hydrogens is 479 g/mol. The van der Waals surface area contributed by atoms with Crippen LogP contribution in [0.15, 0.2) is 47.5 Å². The van der Waals surface area contributed by atoms with Gasteiger partial charge in [0.05, 0.1) is 22.4 Å². The molecule has 0 aliphatic rings. The van der Waals surface area contributed by atoms with Crippen LogP contribution in [-0.2, 0) is 6.54 Å². The zero-order valence-electron chi connectivity index (χ0n) is 14.6. The largest absolute Gasteiger partial charge is 0.494 e. The molecule has 136 valence electrons. The highest BCUT2D eigenvalue weighted by atomic mass is 127. The van der Waals surface area contributed by atoms with Crippen LogP contribution in [0.2, 0.25) is 0 Å². The number of rotatable bonds is 6. The van der Waals surface area contributed by atoms with E-state index in [-0.39, 0.29) is 5.91 Å². The van der Waals surface area contributed by atoms with Gasteiger partial charge in [0.15, 0.2) is 4.80 Å². The SMILES string of the molecule is CCOc1ccc2c(c1)sc(=NC(=O)c1ccccc1I)n2CCSC. The zero-order chi connectivity index (χ0) is 18.5. The minimum Gasteiger partial charge on any atom is -0.494 e. The van der Waals surface area contributed by atoms with E-state index in [1.165, 1.54) is 11.3 Å². The van der Waals surface area contributed by atoms with Gasteiger partial charge in [-0.15, -0.1) is 0 Å². The molecule has 3 rings (SSSR count). The molecule has 3 aromatic rings. The van der Waals surface area contributed by atoms with E-state index in [1.807, 2.05) is 49.4 Å². The number of halogens is 1. The van der Waals surface area contributed by atoms with Gasteiger partial charge >= 0.3 is 0 Å². The van der Waals surface area contributed by atoms with Gasteiger partial charge < -0.3 is 9.30 Å². The Bertz CT molecular complexity index is 995. The van der Waals surface area contributed by atoms with Crippen molar-refractivity contribution >= 4 is 61.8 Å². The molecule has 0 aliphatic carbocycles. The summed E-state index contributed by atoms with van der Waals surface area (Å²) < 4.78 is 9.72. The predicted molar refractivity (Wildman–Crippen MR) is 118 cm³/mol. The van der Waals surface area contributed by atoms with E-state index >= 15 is 0 Å². The molecule has 2 aromatic carbocycles. The summed E-state index contributed by atoms with van der Waals surface area (Å²) in [6, 6.07) is 13.6. The highest BCUT2D eigenvalue weighted by Gasteiger charge is 2.12. The van der Waals surface area contributed by atoms with Crippen molar-refractivity contribution in [2.45, 2.75) is 13.5 Å². The molecule has 0 spiro atoms. The van der Waals surface area contributed by atoms with Crippen molar-refractivity contribution in [2.24, 2.45) is 4.99 Å². The molecule has 7 heteroatoms. The second kappa shape index (κ2) is 9.05. The first kappa shape index (κ1) is 19.4. The summed E-state index contributed by atoms with van der Waals surface area (Å²) in [4.78, 5) is 17.9. The number of thioether (sulfide) groups is 1. The van der Waals surface area contributed by atoms with E-state index in [9.17, 15) is 4.79 Å². The Hall–Kier alpha value is -1.32. The number of hydrogen-bond acceptors (Lipinski definition) is 4. The van der Waals surface area contributed by atoms with Gasteiger partial charge in [-0.05, 0) is 66.1 Å². The molecule has 4 nitrogen and oxygen atoms in total. The monoisotopic (exact) mass is 498 g/mol. The number of carbonyl (C=O) groups excluding carboxylic acids is 1. The van der Waals surface area contributed by atoms with Gasteiger partial charge in [-0.3, -0.25) is 4.79 Å². The molecule has 0 unspecified atom stereocenters. The van der Waals surface area contributed by atoms with Gasteiger partial charge in [0.2, 0.25) is 0 Å². The molecule has 0 N–H and O–H groups in total. The van der Waals surface area contributed by atoms with E-state index in [2.05, 4.69) is 38.4 Å². The van der Waals surface area contributed by atoms with Gasteiger partial charge in [0.1, 0.15) is 5.75 Å². The van der Waals surface area contributed by atoms with Gasteiger partial charge in [-0.25, -0.2) is 0 Å². The fourth-order valence-electron chi connectivity index (χ4n) is 2.58. The van der Waals surface area contributed by atoms with Crippen LogP contribution in [0, 0.1) is 3.57 Å². The lowest BCUT2D eigenvalue weighted by molar-refractivity contribution is 0.0997. The maximum atomic E-state index is 12.7. The van der Waals surface area contributed by atoms with Gasteiger partial charge in [0, 0.05) is 15.9 Å². The molecule has 0 fully saturated rings. The number of aryl methyl sites for hydroxylation is 1. The maximum absolute atomic E-state index is 12.7. The second-order valence-electron chi connectivity index (χ2n) is 5.49. The average molecular weight is 498 g/mol. The van der Waals surface area contributed by atoms with Crippen LogP contribution in [0.3, 0.4) is 0 Å². The number of aromatic nitrogens is 1. The first-order chi connectivity index (χ1) is 12.6. The molecule has 0 atom stereocenters. The first-order valence-corrected chi connectivity index (χ1v) is 11.5. The number of nitrogens with zero attached hydrogens (tertiary/aromatic N) is 2. The number of carbonyl (C=O) groups is 1. The van der Waals surface area contributed by atoms with Gasteiger partial charge in [-0.2, -0.15) is 16.8 Å². The fourth-order valence-corrected chi connectivity index (χ4v) is 4.64. The Morgan fingerprint density at radius 1 is 1.31 bits per heavy atom. The number of benzene rings is 2. The number of thiazole rings is 1. The number of amides is 1. The first-order valence-electron chi connectivity index (χ1n) is 8.22. The van der Waals surface area contributed by atoms with Crippen LogP contribution in [-0.4, -0.2) is 29.1 Å². The topological polar surface area (TPSA) is 43.6 Å². The zero-order valence-corrected chi connectivity index (χ0v) is 18.4. The lowest BCUT2D eigenvalue weighted by atomic mass is 10.2. The molecule has 1 amide bonds. The summed E-state index contributed by atoms with van der Waals surface area (Å²) >= 11 is 5.48. The van der Waals surface area contributed by atoms with Crippen molar-refractivity contribution < 1.29 is 9.53 Å². The normalized spacial score (nSPS) is 11.9. The Labute approximate surface area is 174 Å². The summed E-state index contributed by atoms with van der Waals surface area (Å²) in [6.07, 6.45) is 2.08. The summed E-state index contributed by atoms with van der Waals surface area (Å²) in [6.45, 7) is 3.41. The Balaban J connectivity index is 2.10. The molecular formula is C19H19IN2O2S2. The van der Waals surface area contributed by atoms with Gasteiger partial charge in [0.25, 0.3) is 5.91 Å². The van der Waals surface area contributed by atoms with Crippen molar-refractivity contribution in [3.05, 3.63) is 56.4 Å². The van der Waals surface area contributed by atoms with E-state index in [0.29, 0.717) is 12.2 Å². The van der Waals surface area contributed by atoms with Gasteiger partial charge in [-0.1, -0.05) is 23.5 Å². The lowest BCUT2D eigenvalue weighted by Gasteiger charge is -2.05. The molecule has 1 heterocycles. The molecule has 26 heavy (non-hydrogen) atoms.